The van der Waals surface area contributed by atoms with Crippen molar-refractivity contribution in [1.29, 1.82) is 0 Å². The molecule has 0 aliphatic rings. The number of ether oxygens (including phenoxy) is 1. The summed E-state index contributed by atoms with van der Waals surface area (Å²) in [6, 6.07) is 13.8. The third-order valence-corrected chi connectivity index (χ3v) is 4.87. The van der Waals surface area contributed by atoms with Crippen LogP contribution in [0.25, 0.3) is 21.4 Å². The summed E-state index contributed by atoms with van der Waals surface area (Å²) < 4.78 is 24.2. The maximum Gasteiger partial charge on any atom is 0.396 e. The van der Waals surface area contributed by atoms with Crippen LogP contribution in [-0.4, -0.2) is 10.9 Å². The van der Waals surface area contributed by atoms with E-state index in [1.54, 1.807) is 0 Å². The number of hydrogen-bond donors (Lipinski definition) is 0. The van der Waals surface area contributed by atoms with Gasteiger partial charge in [0.15, 0.2) is 5.58 Å². The molecule has 0 fully saturated rings. The zero-order valence-electron chi connectivity index (χ0n) is 14.5. The SMILES string of the molecule is O=C(Oc1cc(-c2ccc(F)cc2)c2oc(=O)sc2c1)c1ccccc1[N+](=O)[O-]. The van der Waals surface area contributed by atoms with Gasteiger partial charge < -0.3 is 9.15 Å². The van der Waals surface area contributed by atoms with Crippen LogP contribution in [-0.2, 0) is 0 Å². The Morgan fingerprint density at radius 2 is 1.83 bits per heavy atom. The second kappa shape index (κ2) is 7.28. The molecule has 144 valence electrons. The van der Waals surface area contributed by atoms with Crippen molar-refractivity contribution in [1.82, 2.24) is 0 Å². The Hall–Kier alpha value is -3.85. The molecule has 0 amide bonds. The van der Waals surface area contributed by atoms with Gasteiger partial charge in [0, 0.05) is 17.7 Å². The van der Waals surface area contributed by atoms with Gasteiger partial charge in [0.2, 0.25) is 0 Å². The van der Waals surface area contributed by atoms with Crippen LogP contribution < -0.4 is 9.68 Å². The smallest absolute Gasteiger partial charge is 0.396 e. The Balaban J connectivity index is 1.79. The fourth-order valence-corrected chi connectivity index (χ4v) is 3.55. The molecule has 0 aliphatic heterocycles. The predicted molar refractivity (Wildman–Crippen MR) is 104 cm³/mol. The summed E-state index contributed by atoms with van der Waals surface area (Å²) in [4.78, 5) is 34.1. The number of fused-ring (bicyclic) bond motifs is 1. The molecule has 0 atom stereocenters. The first kappa shape index (κ1) is 18.5. The minimum Gasteiger partial charge on any atom is -0.423 e. The van der Waals surface area contributed by atoms with Gasteiger partial charge in [-0.1, -0.05) is 35.6 Å². The summed E-state index contributed by atoms with van der Waals surface area (Å²) in [6.45, 7) is 0. The van der Waals surface area contributed by atoms with Crippen molar-refractivity contribution < 1.29 is 23.3 Å². The quantitative estimate of drug-likeness (QED) is 0.207. The monoisotopic (exact) mass is 411 g/mol. The lowest BCUT2D eigenvalue weighted by Crippen LogP contribution is -2.11. The average molecular weight is 411 g/mol. The van der Waals surface area contributed by atoms with Crippen molar-refractivity contribution in [3.63, 3.8) is 0 Å². The van der Waals surface area contributed by atoms with Crippen LogP contribution >= 0.6 is 11.3 Å². The van der Waals surface area contributed by atoms with Crippen LogP contribution in [0.5, 0.6) is 5.75 Å². The van der Waals surface area contributed by atoms with Crippen molar-refractivity contribution in [2.45, 2.75) is 0 Å². The van der Waals surface area contributed by atoms with Gasteiger partial charge in [-0.15, -0.1) is 0 Å². The molecule has 0 aliphatic carbocycles. The Morgan fingerprint density at radius 3 is 2.55 bits per heavy atom. The van der Waals surface area contributed by atoms with Crippen molar-refractivity contribution >= 4 is 33.3 Å². The van der Waals surface area contributed by atoms with E-state index in [0.717, 1.165) is 11.3 Å². The number of carbonyl (C=O) groups is 1. The van der Waals surface area contributed by atoms with E-state index in [4.69, 9.17) is 9.15 Å². The van der Waals surface area contributed by atoms with Gasteiger partial charge in [0.25, 0.3) is 5.69 Å². The third-order valence-electron chi connectivity index (χ3n) is 4.09. The van der Waals surface area contributed by atoms with E-state index in [9.17, 15) is 24.1 Å². The number of rotatable bonds is 4. The minimum absolute atomic E-state index is 0.0667. The molecule has 9 heteroatoms. The second-order valence-corrected chi connectivity index (χ2v) is 6.90. The summed E-state index contributed by atoms with van der Waals surface area (Å²) in [5.74, 6) is -1.29. The van der Waals surface area contributed by atoms with E-state index in [2.05, 4.69) is 0 Å². The maximum absolute atomic E-state index is 13.3. The molecule has 0 N–H and O–H groups in total. The lowest BCUT2D eigenvalue weighted by Gasteiger charge is -2.08. The van der Waals surface area contributed by atoms with Gasteiger partial charge in [-0.3, -0.25) is 10.1 Å². The van der Waals surface area contributed by atoms with Crippen LogP contribution in [0.3, 0.4) is 0 Å². The summed E-state index contributed by atoms with van der Waals surface area (Å²) in [7, 11) is 0. The highest BCUT2D eigenvalue weighted by molar-refractivity contribution is 7.16. The molecule has 3 aromatic carbocycles. The fraction of sp³-hybridized carbons (Fsp3) is 0. The van der Waals surface area contributed by atoms with Crippen molar-refractivity contribution in [3.05, 3.63) is 91.9 Å². The predicted octanol–water partition coefficient (Wildman–Crippen LogP) is 4.79. The molecular formula is C20H10FNO6S. The standard InChI is InChI=1S/C20H10FNO6S/c21-12-7-5-11(6-8-12)15-9-13(10-17-18(15)28-20(24)29-17)27-19(23)14-3-1-2-4-16(14)22(25)26/h1-10H. The molecule has 4 rings (SSSR count). The average Bonchev–Trinajstić information content (AvgIpc) is 3.08. The number of hydrogen-bond acceptors (Lipinski definition) is 7. The summed E-state index contributed by atoms with van der Waals surface area (Å²) in [5, 5.41) is 11.1. The number of nitro benzene ring substituents is 1. The molecule has 0 bridgehead atoms. The summed E-state index contributed by atoms with van der Waals surface area (Å²) in [6.07, 6.45) is 0. The van der Waals surface area contributed by atoms with Gasteiger partial charge in [0.05, 0.1) is 9.62 Å². The molecule has 1 aromatic heterocycles. The molecule has 4 aromatic rings. The van der Waals surface area contributed by atoms with Crippen LogP contribution in [0.2, 0.25) is 0 Å². The van der Waals surface area contributed by atoms with Gasteiger partial charge in [-0.25, -0.2) is 14.0 Å². The zero-order chi connectivity index (χ0) is 20.5. The number of para-hydroxylation sites is 1. The van der Waals surface area contributed by atoms with E-state index in [1.807, 2.05) is 0 Å². The van der Waals surface area contributed by atoms with E-state index < -0.39 is 21.6 Å². The first-order valence-corrected chi connectivity index (χ1v) is 9.03. The van der Waals surface area contributed by atoms with E-state index in [0.29, 0.717) is 15.8 Å². The number of nitrogens with zero attached hydrogens (tertiary/aromatic N) is 1. The first-order chi connectivity index (χ1) is 13.9. The molecule has 0 saturated heterocycles. The highest BCUT2D eigenvalue weighted by Crippen LogP contribution is 2.35. The molecule has 29 heavy (non-hydrogen) atoms. The fourth-order valence-electron chi connectivity index (χ4n) is 2.82. The van der Waals surface area contributed by atoms with E-state index in [-0.39, 0.29) is 22.6 Å². The van der Waals surface area contributed by atoms with Crippen LogP contribution in [0, 0.1) is 15.9 Å². The number of nitro groups is 1. The summed E-state index contributed by atoms with van der Waals surface area (Å²) in [5.41, 5.74) is 0.650. The largest absolute Gasteiger partial charge is 0.423 e. The van der Waals surface area contributed by atoms with Crippen molar-refractivity contribution in [3.8, 4) is 16.9 Å². The van der Waals surface area contributed by atoms with Gasteiger partial charge >= 0.3 is 10.9 Å². The minimum atomic E-state index is -0.919. The van der Waals surface area contributed by atoms with Gasteiger partial charge in [0.1, 0.15) is 17.1 Å². The lowest BCUT2D eigenvalue weighted by atomic mass is 10.0. The van der Waals surface area contributed by atoms with Crippen LogP contribution in [0.1, 0.15) is 10.4 Å². The van der Waals surface area contributed by atoms with Gasteiger partial charge in [-0.05, 0) is 29.8 Å². The Bertz CT molecular complexity index is 1310. The maximum atomic E-state index is 13.3. The highest BCUT2D eigenvalue weighted by Gasteiger charge is 2.22. The molecule has 0 saturated carbocycles. The van der Waals surface area contributed by atoms with Gasteiger partial charge in [-0.2, -0.15) is 0 Å². The number of benzene rings is 3. The van der Waals surface area contributed by atoms with E-state index >= 15 is 0 Å². The zero-order valence-corrected chi connectivity index (χ0v) is 15.3. The highest BCUT2D eigenvalue weighted by atomic mass is 32.1. The first-order valence-electron chi connectivity index (χ1n) is 8.21. The Kier molecular flexibility index (Phi) is 4.65. The Labute approximate surface area is 165 Å². The number of carbonyl (C=O) groups excluding carboxylic acids is 1. The lowest BCUT2D eigenvalue weighted by molar-refractivity contribution is -0.385. The normalized spacial score (nSPS) is 10.8. The molecule has 7 nitrogen and oxygen atoms in total. The number of esters is 1. The third kappa shape index (κ3) is 3.63. The van der Waals surface area contributed by atoms with Crippen LogP contribution in [0.4, 0.5) is 10.1 Å². The Morgan fingerprint density at radius 1 is 1.10 bits per heavy atom. The van der Waals surface area contributed by atoms with Crippen molar-refractivity contribution in [2.24, 2.45) is 0 Å². The molecule has 0 radical (unpaired) electrons. The van der Waals surface area contributed by atoms with Crippen molar-refractivity contribution in [2.75, 3.05) is 0 Å². The molecule has 1 heterocycles. The summed E-state index contributed by atoms with van der Waals surface area (Å²) >= 11 is 0.813. The topological polar surface area (TPSA) is 99.7 Å². The molecule has 0 unspecified atom stereocenters. The van der Waals surface area contributed by atoms with E-state index in [1.165, 1.54) is 60.7 Å². The number of halogens is 1. The molecular weight excluding hydrogens is 401 g/mol. The molecule has 0 spiro atoms. The second-order valence-electron chi connectivity index (χ2n) is 5.92. The van der Waals surface area contributed by atoms with Crippen LogP contribution in [0.15, 0.2) is 69.9 Å².